The van der Waals surface area contributed by atoms with E-state index in [9.17, 15) is 4.79 Å². The Labute approximate surface area is 153 Å². The highest BCUT2D eigenvalue weighted by atomic mass is 35.5. The lowest BCUT2D eigenvalue weighted by Gasteiger charge is -2.15. The molecule has 0 fully saturated rings. The van der Waals surface area contributed by atoms with E-state index in [-0.39, 0.29) is 11.6 Å². The van der Waals surface area contributed by atoms with Gasteiger partial charge in [0.05, 0.1) is 23.3 Å². The highest BCUT2D eigenvalue weighted by Gasteiger charge is 2.14. The summed E-state index contributed by atoms with van der Waals surface area (Å²) in [6, 6.07) is 12.7. The number of aromatic nitrogens is 3. The summed E-state index contributed by atoms with van der Waals surface area (Å²) in [5, 5.41) is 7.61. The Morgan fingerprint density at radius 1 is 1.19 bits per heavy atom. The molecule has 2 aromatic heterocycles. The van der Waals surface area contributed by atoms with E-state index >= 15 is 0 Å². The second kappa shape index (κ2) is 6.65. The molecule has 0 bridgehead atoms. The van der Waals surface area contributed by atoms with Crippen LogP contribution in [0.2, 0.25) is 5.02 Å². The normalized spacial score (nSPS) is 12.2. The maximum absolute atomic E-state index is 12.4. The Balaban J connectivity index is 1.65. The van der Waals surface area contributed by atoms with Crippen molar-refractivity contribution in [3.8, 4) is 11.1 Å². The van der Waals surface area contributed by atoms with E-state index < -0.39 is 0 Å². The molecule has 7 heteroatoms. The van der Waals surface area contributed by atoms with Crippen LogP contribution >= 0.6 is 11.6 Å². The van der Waals surface area contributed by atoms with Gasteiger partial charge in [0.2, 0.25) is 0 Å². The second-order valence-electron chi connectivity index (χ2n) is 5.97. The molecule has 4 rings (SSSR count). The van der Waals surface area contributed by atoms with Crippen LogP contribution in [0.4, 0.5) is 5.69 Å². The molecule has 26 heavy (non-hydrogen) atoms. The van der Waals surface area contributed by atoms with Gasteiger partial charge in [-0.1, -0.05) is 28.9 Å². The lowest BCUT2D eigenvalue weighted by molar-refractivity contribution is 0.420. The molecule has 0 aliphatic heterocycles. The zero-order valence-electron chi connectivity index (χ0n) is 13.9. The molecule has 0 aliphatic rings. The number of hydrogen-bond donors (Lipinski definition) is 2. The van der Waals surface area contributed by atoms with Crippen LogP contribution in [-0.4, -0.2) is 15.1 Å². The average Bonchev–Trinajstić information content (AvgIpc) is 3.16. The van der Waals surface area contributed by atoms with Gasteiger partial charge in [0.25, 0.3) is 5.56 Å². The molecule has 0 spiro atoms. The van der Waals surface area contributed by atoms with E-state index in [1.54, 1.807) is 30.7 Å². The minimum absolute atomic E-state index is 0.227. The number of halogens is 1. The number of H-pyrrole nitrogens is 1. The minimum atomic E-state index is -0.292. The summed E-state index contributed by atoms with van der Waals surface area (Å²) in [7, 11) is 0. The summed E-state index contributed by atoms with van der Waals surface area (Å²) in [6.45, 7) is 1.89. The molecule has 0 radical (unpaired) electrons. The van der Waals surface area contributed by atoms with Crippen LogP contribution in [0.5, 0.6) is 0 Å². The Morgan fingerprint density at radius 2 is 2.08 bits per heavy atom. The predicted octanol–water partition coefficient (Wildman–Crippen LogP) is 4.40. The number of nitrogens with zero attached hydrogens (tertiary/aromatic N) is 2. The zero-order valence-corrected chi connectivity index (χ0v) is 14.6. The van der Waals surface area contributed by atoms with Crippen molar-refractivity contribution in [3.63, 3.8) is 0 Å². The third-order valence-corrected chi connectivity index (χ3v) is 4.34. The Kier molecular flexibility index (Phi) is 4.18. The van der Waals surface area contributed by atoms with Crippen molar-refractivity contribution in [2.45, 2.75) is 13.0 Å². The Bertz CT molecular complexity index is 1120. The third-order valence-electron chi connectivity index (χ3n) is 4.10. The first-order chi connectivity index (χ1) is 12.6. The van der Waals surface area contributed by atoms with Crippen molar-refractivity contribution in [2.75, 3.05) is 5.32 Å². The second-order valence-corrected chi connectivity index (χ2v) is 6.41. The van der Waals surface area contributed by atoms with Crippen molar-refractivity contribution in [2.24, 2.45) is 0 Å². The van der Waals surface area contributed by atoms with Gasteiger partial charge in [-0.3, -0.25) is 4.79 Å². The van der Waals surface area contributed by atoms with E-state index in [1.807, 2.05) is 31.2 Å². The first-order valence-corrected chi connectivity index (χ1v) is 8.44. The van der Waals surface area contributed by atoms with Gasteiger partial charge >= 0.3 is 0 Å². The molecule has 0 amide bonds. The fraction of sp³-hybridized carbons (Fsp3) is 0.105. The summed E-state index contributed by atoms with van der Waals surface area (Å²) in [5.41, 5.74) is 4.20. The molecule has 0 saturated heterocycles. The van der Waals surface area contributed by atoms with Gasteiger partial charge in [-0.05, 0) is 42.8 Å². The van der Waals surface area contributed by atoms with Crippen LogP contribution in [0.3, 0.4) is 0 Å². The lowest BCUT2D eigenvalue weighted by atomic mass is 10.1. The average molecular weight is 367 g/mol. The molecule has 4 aromatic rings. The first kappa shape index (κ1) is 16.4. The summed E-state index contributed by atoms with van der Waals surface area (Å²) in [6.07, 6.45) is 3.24. The van der Waals surface area contributed by atoms with Gasteiger partial charge < -0.3 is 14.8 Å². The van der Waals surface area contributed by atoms with E-state index in [4.69, 9.17) is 16.1 Å². The number of fused-ring (bicyclic) bond motifs is 1. The van der Waals surface area contributed by atoms with Gasteiger partial charge in [0.15, 0.2) is 0 Å². The molecular weight excluding hydrogens is 352 g/mol. The quantitative estimate of drug-likeness (QED) is 0.559. The molecule has 2 aromatic carbocycles. The summed E-state index contributed by atoms with van der Waals surface area (Å²) >= 11 is 6.03. The number of hydrogen-bond acceptors (Lipinski definition) is 5. The summed E-state index contributed by atoms with van der Waals surface area (Å²) in [5.74, 6) is 0. The highest BCUT2D eigenvalue weighted by Crippen LogP contribution is 2.24. The predicted molar refractivity (Wildman–Crippen MR) is 101 cm³/mol. The van der Waals surface area contributed by atoms with E-state index in [2.05, 4.69) is 20.4 Å². The molecule has 0 saturated carbocycles. The monoisotopic (exact) mass is 366 g/mol. The Morgan fingerprint density at radius 3 is 2.88 bits per heavy atom. The molecule has 1 unspecified atom stereocenters. The van der Waals surface area contributed by atoms with Gasteiger partial charge in [-0.25, -0.2) is 4.98 Å². The molecule has 2 heterocycles. The van der Waals surface area contributed by atoms with Gasteiger partial charge in [0.1, 0.15) is 12.0 Å². The number of benzene rings is 2. The van der Waals surface area contributed by atoms with E-state index in [1.165, 1.54) is 0 Å². The number of aromatic amines is 1. The van der Waals surface area contributed by atoms with Crippen molar-refractivity contribution in [1.29, 1.82) is 0 Å². The lowest BCUT2D eigenvalue weighted by Crippen LogP contribution is -2.21. The molecule has 1 atom stereocenters. The molecule has 0 aliphatic carbocycles. The van der Waals surface area contributed by atoms with Gasteiger partial charge in [-0.2, -0.15) is 0 Å². The molecule has 6 nitrogen and oxygen atoms in total. The Hall–Kier alpha value is -3.12. The number of anilines is 1. The maximum atomic E-state index is 12.4. The SMILES string of the molecule is CC(Nc1cccc(-c2cnoc2)c1)c1nc2cc(Cl)ccc2[nH]c1=O. The standard InChI is InChI=1S/C19H15ClN4O2/c1-11(18-19(25)24-16-6-5-14(20)8-17(16)23-18)22-15-4-2-3-12(7-15)13-9-21-26-10-13/h2-11,22H,1H3,(H,24,25). The van der Waals surface area contributed by atoms with Crippen molar-refractivity contribution < 1.29 is 4.52 Å². The van der Waals surface area contributed by atoms with Crippen molar-refractivity contribution in [3.05, 3.63) is 76.0 Å². The molecular formula is C19H15ClN4O2. The van der Waals surface area contributed by atoms with Crippen LogP contribution in [0.25, 0.3) is 22.2 Å². The van der Waals surface area contributed by atoms with Crippen LogP contribution < -0.4 is 10.9 Å². The zero-order chi connectivity index (χ0) is 18.1. The largest absolute Gasteiger partial charge is 0.377 e. The van der Waals surface area contributed by atoms with E-state index in [0.717, 1.165) is 16.8 Å². The van der Waals surface area contributed by atoms with Crippen molar-refractivity contribution >= 4 is 28.3 Å². The van der Waals surface area contributed by atoms with Crippen LogP contribution in [0.15, 0.2) is 64.2 Å². The maximum Gasteiger partial charge on any atom is 0.272 e. The smallest absolute Gasteiger partial charge is 0.272 e. The third kappa shape index (κ3) is 3.19. The van der Waals surface area contributed by atoms with Crippen LogP contribution in [0.1, 0.15) is 18.7 Å². The topological polar surface area (TPSA) is 83.8 Å². The van der Waals surface area contributed by atoms with Crippen LogP contribution in [0, 0.1) is 0 Å². The van der Waals surface area contributed by atoms with Crippen LogP contribution in [-0.2, 0) is 0 Å². The fourth-order valence-corrected chi connectivity index (χ4v) is 2.98. The fourth-order valence-electron chi connectivity index (χ4n) is 2.82. The molecule has 2 N–H and O–H groups in total. The van der Waals surface area contributed by atoms with Gasteiger partial charge in [-0.15, -0.1) is 0 Å². The van der Waals surface area contributed by atoms with E-state index in [0.29, 0.717) is 21.7 Å². The van der Waals surface area contributed by atoms with Gasteiger partial charge in [0, 0.05) is 16.3 Å². The number of rotatable bonds is 4. The summed E-state index contributed by atoms with van der Waals surface area (Å²) in [4.78, 5) is 19.7. The number of nitrogens with one attached hydrogen (secondary N) is 2. The summed E-state index contributed by atoms with van der Waals surface area (Å²) < 4.78 is 4.89. The first-order valence-electron chi connectivity index (χ1n) is 8.06. The minimum Gasteiger partial charge on any atom is -0.377 e. The van der Waals surface area contributed by atoms with Crippen molar-refractivity contribution in [1.82, 2.24) is 15.1 Å². The molecule has 130 valence electrons. The highest BCUT2D eigenvalue weighted by molar-refractivity contribution is 6.31.